The highest BCUT2D eigenvalue weighted by Crippen LogP contribution is 2.31. The molecule has 3 aromatic rings. The number of halogens is 4. The lowest BCUT2D eigenvalue weighted by Crippen LogP contribution is -2.27. The molecular formula is C14H8Cl4N4O. The maximum Gasteiger partial charge on any atom is 0.276 e. The van der Waals surface area contributed by atoms with Gasteiger partial charge in [0.2, 0.25) is 0 Å². The molecule has 0 bridgehead atoms. The van der Waals surface area contributed by atoms with E-state index in [0.717, 1.165) is 5.69 Å². The van der Waals surface area contributed by atoms with Crippen LogP contribution in [0.5, 0.6) is 0 Å². The van der Waals surface area contributed by atoms with Gasteiger partial charge in [-0.1, -0.05) is 64.6 Å². The van der Waals surface area contributed by atoms with Gasteiger partial charge in [-0.15, -0.1) is 10.2 Å². The largest absolute Gasteiger partial charge is 0.321 e. The number of carbonyl (C=O) groups excluding carboxylic acids is 1. The number of benzene rings is 2. The summed E-state index contributed by atoms with van der Waals surface area (Å²) in [5, 5.41) is 11.4. The third-order valence-electron chi connectivity index (χ3n) is 2.96. The molecule has 1 N–H and O–H groups in total. The van der Waals surface area contributed by atoms with Crippen LogP contribution < -0.4 is 5.32 Å². The zero-order chi connectivity index (χ0) is 16.6. The molecule has 0 radical (unpaired) electrons. The van der Waals surface area contributed by atoms with E-state index in [-0.39, 0.29) is 10.7 Å². The fourth-order valence-corrected chi connectivity index (χ4v) is 2.25. The van der Waals surface area contributed by atoms with Crippen LogP contribution in [-0.2, 0) is 4.79 Å². The topological polar surface area (TPSA) is 59.8 Å². The first-order valence-corrected chi connectivity index (χ1v) is 7.86. The Hall–Kier alpha value is -1.53. The zero-order valence-electron chi connectivity index (χ0n) is 11.3. The Balaban J connectivity index is 2.00. The molecule has 118 valence electrons. The SMILES string of the molecule is O=C(Nc1cc2nn(-c3ccccc3)nc2cc1Cl)C(Cl)(Cl)Cl. The fourth-order valence-electron chi connectivity index (χ4n) is 1.90. The standard InChI is InChI=1S/C14H8Cl4N4O/c15-9-6-11-12(7-10(9)19-13(23)14(16,17)18)21-22(20-11)8-4-2-1-3-5-8/h1-7H,(H,19,23). The van der Waals surface area contributed by atoms with Crippen molar-refractivity contribution < 1.29 is 4.79 Å². The van der Waals surface area contributed by atoms with Crippen LogP contribution in [0.25, 0.3) is 16.7 Å². The Morgan fingerprint density at radius 3 is 2.26 bits per heavy atom. The Labute approximate surface area is 151 Å². The number of rotatable bonds is 2. The minimum atomic E-state index is -2.08. The van der Waals surface area contributed by atoms with Crippen molar-refractivity contribution in [1.29, 1.82) is 0 Å². The van der Waals surface area contributed by atoms with E-state index in [9.17, 15) is 4.79 Å². The molecule has 23 heavy (non-hydrogen) atoms. The second-order valence-electron chi connectivity index (χ2n) is 4.60. The van der Waals surface area contributed by atoms with Crippen molar-refractivity contribution in [3.05, 3.63) is 47.5 Å². The first-order valence-electron chi connectivity index (χ1n) is 6.35. The highest BCUT2D eigenvalue weighted by molar-refractivity contribution is 6.76. The molecule has 2 aromatic carbocycles. The summed E-state index contributed by atoms with van der Waals surface area (Å²) in [7, 11) is 0. The number of para-hydroxylation sites is 1. The van der Waals surface area contributed by atoms with Crippen LogP contribution in [0.4, 0.5) is 5.69 Å². The average molecular weight is 390 g/mol. The molecular weight excluding hydrogens is 382 g/mol. The second-order valence-corrected chi connectivity index (χ2v) is 7.29. The molecule has 0 aliphatic carbocycles. The number of amides is 1. The molecule has 0 fully saturated rings. The van der Waals surface area contributed by atoms with Crippen molar-refractivity contribution in [2.75, 3.05) is 5.32 Å². The number of nitrogens with one attached hydrogen (secondary N) is 1. The maximum absolute atomic E-state index is 11.7. The van der Waals surface area contributed by atoms with E-state index >= 15 is 0 Å². The van der Waals surface area contributed by atoms with Gasteiger partial charge >= 0.3 is 0 Å². The van der Waals surface area contributed by atoms with Crippen LogP contribution in [0.15, 0.2) is 42.5 Å². The van der Waals surface area contributed by atoms with Crippen molar-refractivity contribution in [2.45, 2.75) is 3.79 Å². The molecule has 0 unspecified atom stereocenters. The minimum absolute atomic E-state index is 0.264. The quantitative estimate of drug-likeness (QED) is 0.661. The molecule has 0 aliphatic heterocycles. The Morgan fingerprint density at radius 2 is 1.65 bits per heavy atom. The van der Waals surface area contributed by atoms with Gasteiger partial charge < -0.3 is 5.32 Å². The van der Waals surface area contributed by atoms with Gasteiger partial charge in [0.15, 0.2) is 0 Å². The molecule has 5 nitrogen and oxygen atoms in total. The Morgan fingerprint density at radius 1 is 1.04 bits per heavy atom. The lowest BCUT2D eigenvalue weighted by atomic mass is 10.2. The van der Waals surface area contributed by atoms with Crippen LogP contribution in [0.1, 0.15) is 0 Å². The van der Waals surface area contributed by atoms with Crippen LogP contribution >= 0.6 is 46.4 Å². The van der Waals surface area contributed by atoms with Gasteiger partial charge in [-0.05, 0) is 24.3 Å². The predicted octanol–water partition coefficient (Wildman–Crippen LogP) is 4.38. The van der Waals surface area contributed by atoms with Crippen molar-refractivity contribution in [1.82, 2.24) is 15.0 Å². The molecule has 0 aliphatic rings. The minimum Gasteiger partial charge on any atom is -0.321 e. The van der Waals surface area contributed by atoms with Gasteiger partial charge in [-0.2, -0.15) is 4.80 Å². The second kappa shape index (κ2) is 6.17. The third-order valence-corrected chi connectivity index (χ3v) is 3.79. The smallest absolute Gasteiger partial charge is 0.276 e. The first kappa shape index (κ1) is 16.3. The predicted molar refractivity (Wildman–Crippen MR) is 92.8 cm³/mol. The number of fused-ring (bicyclic) bond motifs is 1. The van der Waals surface area contributed by atoms with Gasteiger partial charge in [-0.25, -0.2) is 0 Å². The average Bonchev–Trinajstić information content (AvgIpc) is 2.90. The Bertz CT molecular complexity index is 874. The summed E-state index contributed by atoms with van der Waals surface area (Å²) in [5.74, 6) is -0.806. The number of aromatic nitrogens is 3. The van der Waals surface area contributed by atoms with Crippen molar-refractivity contribution >= 4 is 69.0 Å². The highest BCUT2D eigenvalue weighted by atomic mass is 35.6. The molecule has 1 aromatic heterocycles. The van der Waals surface area contributed by atoms with E-state index < -0.39 is 9.70 Å². The van der Waals surface area contributed by atoms with E-state index in [2.05, 4.69) is 15.5 Å². The zero-order valence-corrected chi connectivity index (χ0v) is 14.3. The van der Waals surface area contributed by atoms with E-state index in [1.807, 2.05) is 30.3 Å². The number of carbonyl (C=O) groups is 1. The lowest BCUT2D eigenvalue weighted by Gasteiger charge is -2.12. The molecule has 0 spiro atoms. The summed E-state index contributed by atoms with van der Waals surface area (Å²) in [4.78, 5) is 13.2. The number of nitrogens with zero attached hydrogens (tertiary/aromatic N) is 3. The molecule has 0 saturated heterocycles. The summed E-state index contributed by atoms with van der Waals surface area (Å²) in [6.07, 6.45) is 0. The van der Waals surface area contributed by atoms with E-state index in [1.165, 1.54) is 4.80 Å². The normalized spacial score (nSPS) is 11.7. The maximum atomic E-state index is 11.7. The van der Waals surface area contributed by atoms with Crippen molar-refractivity contribution in [3.63, 3.8) is 0 Å². The van der Waals surface area contributed by atoms with E-state index in [1.54, 1.807) is 12.1 Å². The molecule has 9 heteroatoms. The number of anilines is 1. The number of hydrogen-bond acceptors (Lipinski definition) is 3. The van der Waals surface area contributed by atoms with Crippen LogP contribution in [0.3, 0.4) is 0 Å². The van der Waals surface area contributed by atoms with Crippen LogP contribution in [0, 0.1) is 0 Å². The van der Waals surface area contributed by atoms with E-state index in [0.29, 0.717) is 11.0 Å². The van der Waals surface area contributed by atoms with Crippen LogP contribution in [-0.4, -0.2) is 24.7 Å². The van der Waals surface area contributed by atoms with E-state index in [4.69, 9.17) is 46.4 Å². The molecule has 3 rings (SSSR count). The van der Waals surface area contributed by atoms with Crippen molar-refractivity contribution in [2.24, 2.45) is 0 Å². The fraction of sp³-hybridized carbons (Fsp3) is 0.0714. The van der Waals surface area contributed by atoms with Crippen molar-refractivity contribution in [3.8, 4) is 5.69 Å². The third kappa shape index (κ3) is 3.53. The Kier molecular flexibility index (Phi) is 4.38. The van der Waals surface area contributed by atoms with Gasteiger partial charge in [0.05, 0.1) is 16.4 Å². The van der Waals surface area contributed by atoms with Gasteiger partial charge in [0.1, 0.15) is 11.0 Å². The van der Waals surface area contributed by atoms with Gasteiger partial charge in [-0.3, -0.25) is 4.79 Å². The molecule has 1 heterocycles. The summed E-state index contributed by atoms with van der Waals surface area (Å²) >= 11 is 22.7. The van der Waals surface area contributed by atoms with Crippen LogP contribution in [0.2, 0.25) is 5.02 Å². The highest BCUT2D eigenvalue weighted by Gasteiger charge is 2.31. The number of alkyl halides is 3. The summed E-state index contributed by atoms with van der Waals surface area (Å²) in [5.41, 5.74) is 2.20. The van der Waals surface area contributed by atoms with Gasteiger partial charge in [0, 0.05) is 0 Å². The summed E-state index contributed by atoms with van der Waals surface area (Å²) < 4.78 is -2.08. The molecule has 0 saturated carbocycles. The lowest BCUT2D eigenvalue weighted by molar-refractivity contribution is -0.115. The number of hydrogen-bond donors (Lipinski definition) is 1. The molecule has 1 amide bonds. The van der Waals surface area contributed by atoms with Gasteiger partial charge in [0.25, 0.3) is 9.70 Å². The first-order chi connectivity index (χ1) is 10.8. The summed E-state index contributed by atoms with van der Waals surface area (Å²) in [6, 6.07) is 12.5. The summed E-state index contributed by atoms with van der Waals surface area (Å²) in [6.45, 7) is 0. The molecule has 0 atom stereocenters. The monoisotopic (exact) mass is 388 g/mol.